The first-order chi connectivity index (χ1) is 16.9. The predicted octanol–water partition coefficient (Wildman–Crippen LogP) is 4.62. The second-order valence-electron chi connectivity index (χ2n) is 11.0. The van der Waals surface area contributed by atoms with E-state index in [9.17, 15) is 14.7 Å². The molecule has 1 saturated heterocycles. The van der Waals surface area contributed by atoms with Crippen LogP contribution in [-0.4, -0.2) is 63.2 Å². The van der Waals surface area contributed by atoms with Gasteiger partial charge in [-0.05, 0) is 69.1 Å². The van der Waals surface area contributed by atoms with Crippen molar-refractivity contribution >= 4 is 23.1 Å². The molecule has 7 nitrogen and oxygen atoms in total. The van der Waals surface area contributed by atoms with E-state index in [0.29, 0.717) is 30.0 Å². The average Bonchev–Trinajstić information content (AvgIpc) is 3.28. The quantitative estimate of drug-likeness (QED) is 0.311. The Kier molecular flexibility index (Phi) is 6.80. The number of aliphatic hydroxyl groups excluding tert-OH is 1. The zero-order valence-electron chi connectivity index (χ0n) is 22.3. The minimum Gasteiger partial charge on any atom is -0.505 e. The fraction of sp³-hybridized carbons (Fsp3) is 0.414. The van der Waals surface area contributed by atoms with Gasteiger partial charge < -0.3 is 19.3 Å². The molecule has 3 aromatic rings. The number of nitrogens with zero attached hydrogens (tertiary/aromatic N) is 4. The highest BCUT2D eigenvalue weighted by Gasteiger charge is 2.46. The zero-order valence-corrected chi connectivity index (χ0v) is 22.3. The lowest BCUT2D eigenvalue weighted by Gasteiger charge is -2.27. The molecule has 190 valence electrons. The molecule has 0 radical (unpaired) electrons. The van der Waals surface area contributed by atoms with Gasteiger partial charge in [-0.2, -0.15) is 0 Å². The van der Waals surface area contributed by atoms with Crippen molar-refractivity contribution in [3.63, 3.8) is 0 Å². The molecule has 0 saturated carbocycles. The molecule has 2 aromatic heterocycles. The van der Waals surface area contributed by atoms with E-state index in [1.165, 1.54) is 0 Å². The number of rotatable bonds is 6. The number of aryl methyl sites for hydroxylation is 2. The molecule has 1 aliphatic heterocycles. The number of pyridine rings is 1. The Morgan fingerprint density at radius 2 is 1.75 bits per heavy atom. The number of carbonyl (C=O) groups excluding carboxylic acids is 2. The van der Waals surface area contributed by atoms with Crippen LogP contribution in [0.2, 0.25) is 0 Å². The largest absolute Gasteiger partial charge is 0.505 e. The second-order valence-corrected chi connectivity index (χ2v) is 11.0. The maximum atomic E-state index is 13.4. The van der Waals surface area contributed by atoms with E-state index in [1.807, 2.05) is 79.8 Å². The van der Waals surface area contributed by atoms with Gasteiger partial charge in [-0.25, -0.2) is 4.98 Å². The highest BCUT2D eigenvalue weighted by molar-refractivity contribution is 6.46. The number of likely N-dealkylation sites (tertiary alicyclic amines) is 1. The van der Waals surface area contributed by atoms with E-state index < -0.39 is 17.7 Å². The topological polar surface area (TPSA) is 78.2 Å². The van der Waals surface area contributed by atoms with Crippen molar-refractivity contribution in [2.75, 3.05) is 27.2 Å². The summed E-state index contributed by atoms with van der Waals surface area (Å²) in [6, 6.07) is 11.2. The maximum Gasteiger partial charge on any atom is 0.295 e. The monoisotopic (exact) mass is 488 g/mol. The molecule has 1 fully saturated rings. The first-order valence-electron chi connectivity index (χ1n) is 12.4. The van der Waals surface area contributed by atoms with E-state index in [1.54, 1.807) is 4.90 Å². The molecule has 1 unspecified atom stereocenters. The summed E-state index contributed by atoms with van der Waals surface area (Å²) >= 11 is 0. The van der Waals surface area contributed by atoms with Crippen molar-refractivity contribution in [2.45, 2.75) is 52.5 Å². The summed E-state index contributed by atoms with van der Waals surface area (Å²) in [7, 11) is 3.95. The summed E-state index contributed by atoms with van der Waals surface area (Å²) in [4.78, 5) is 34.9. The third-order valence-electron chi connectivity index (χ3n) is 6.95. The molecule has 0 bridgehead atoms. The summed E-state index contributed by atoms with van der Waals surface area (Å²) in [5.74, 6) is -1.48. The van der Waals surface area contributed by atoms with Crippen molar-refractivity contribution in [1.82, 2.24) is 19.2 Å². The fourth-order valence-corrected chi connectivity index (χ4v) is 4.85. The predicted molar refractivity (Wildman–Crippen MR) is 142 cm³/mol. The van der Waals surface area contributed by atoms with E-state index in [2.05, 4.69) is 25.8 Å². The van der Waals surface area contributed by atoms with Crippen LogP contribution in [-0.2, 0) is 15.0 Å². The van der Waals surface area contributed by atoms with Gasteiger partial charge in [-0.15, -0.1) is 0 Å². The molecular formula is C29H36N4O3. The van der Waals surface area contributed by atoms with Gasteiger partial charge in [0.15, 0.2) is 5.76 Å². The number of hydrogen-bond donors (Lipinski definition) is 1. The molecule has 4 rings (SSSR count). The van der Waals surface area contributed by atoms with Crippen molar-refractivity contribution in [3.05, 3.63) is 76.2 Å². The Morgan fingerprint density at radius 3 is 2.33 bits per heavy atom. The van der Waals surface area contributed by atoms with Crippen LogP contribution in [0.15, 0.2) is 48.2 Å². The highest BCUT2D eigenvalue weighted by Crippen LogP contribution is 2.40. The maximum absolute atomic E-state index is 13.4. The molecule has 0 aliphatic carbocycles. The first-order valence-corrected chi connectivity index (χ1v) is 12.4. The zero-order chi connectivity index (χ0) is 26.4. The van der Waals surface area contributed by atoms with Gasteiger partial charge in [0.25, 0.3) is 11.7 Å². The number of Topliss-reactive ketones (excluding diaryl/α,β-unsaturated/α-hetero) is 1. The van der Waals surface area contributed by atoms with Gasteiger partial charge in [0, 0.05) is 12.7 Å². The lowest BCUT2D eigenvalue weighted by Crippen LogP contribution is -2.32. The van der Waals surface area contributed by atoms with Gasteiger partial charge in [0.1, 0.15) is 11.3 Å². The Labute approximate surface area is 213 Å². The van der Waals surface area contributed by atoms with Gasteiger partial charge in [-0.3, -0.25) is 9.59 Å². The van der Waals surface area contributed by atoms with Gasteiger partial charge >= 0.3 is 0 Å². The highest BCUT2D eigenvalue weighted by atomic mass is 16.3. The van der Waals surface area contributed by atoms with E-state index >= 15 is 0 Å². The normalized spacial score (nSPS) is 18.1. The number of aromatic nitrogens is 2. The Morgan fingerprint density at radius 1 is 1.08 bits per heavy atom. The number of imidazole rings is 1. The number of ketones is 1. The van der Waals surface area contributed by atoms with Crippen LogP contribution in [0, 0.1) is 13.8 Å². The molecule has 3 heterocycles. The first kappa shape index (κ1) is 25.6. The van der Waals surface area contributed by atoms with Crippen molar-refractivity contribution in [3.8, 4) is 0 Å². The van der Waals surface area contributed by atoms with Crippen LogP contribution in [0.4, 0.5) is 0 Å². The molecule has 1 N–H and O–H groups in total. The standard InChI is InChI=1S/C29H36N4O3/c1-18-10-8-16-32-19(2)23(30-27(18)32)25(34)22-24(20-11-13-21(14-12-20)29(3,4)5)33(28(36)26(22)35)17-9-15-31(6)7/h8,10-14,16,24,34H,9,15,17H2,1-7H3/b25-22+. The van der Waals surface area contributed by atoms with Gasteiger partial charge in [-0.1, -0.05) is 51.1 Å². The van der Waals surface area contributed by atoms with Crippen LogP contribution in [0.3, 0.4) is 0 Å². The molecule has 0 spiro atoms. The third kappa shape index (κ3) is 4.55. The number of hydrogen-bond acceptors (Lipinski definition) is 5. The summed E-state index contributed by atoms with van der Waals surface area (Å²) in [5, 5.41) is 11.5. The molecule has 1 amide bonds. The number of carbonyl (C=O) groups is 2. The third-order valence-corrected chi connectivity index (χ3v) is 6.95. The van der Waals surface area contributed by atoms with Crippen molar-refractivity contribution in [2.24, 2.45) is 0 Å². The number of amides is 1. The lowest BCUT2D eigenvalue weighted by molar-refractivity contribution is -0.139. The van der Waals surface area contributed by atoms with E-state index in [-0.39, 0.29) is 16.7 Å². The van der Waals surface area contributed by atoms with E-state index in [4.69, 9.17) is 0 Å². The summed E-state index contributed by atoms with van der Waals surface area (Å²) in [5.41, 5.74) is 4.73. The van der Waals surface area contributed by atoms with Crippen LogP contribution in [0.25, 0.3) is 11.4 Å². The van der Waals surface area contributed by atoms with Gasteiger partial charge in [0.05, 0.1) is 17.3 Å². The van der Waals surface area contributed by atoms with Crippen molar-refractivity contribution in [1.29, 1.82) is 0 Å². The van der Waals surface area contributed by atoms with Crippen LogP contribution in [0.1, 0.15) is 61.3 Å². The molecule has 1 atom stereocenters. The van der Waals surface area contributed by atoms with Crippen LogP contribution >= 0.6 is 0 Å². The van der Waals surface area contributed by atoms with Crippen LogP contribution < -0.4 is 0 Å². The number of benzene rings is 1. The molecule has 7 heteroatoms. The van der Waals surface area contributed by atoms with Crippen LogP contribution in [0.5, 0.6) is 0 Å². The average molecular weight is 489 g/mol. The van der Waals surface area contributed by atoms with Gasteiger partial charge in [0.2, 0.25) is 0 Å². The smallest absolute Gasteiger partial charge is 0.295 e. The number of aliphatic hydroxyl groups is 1. The number of fused-ring (bicyclic) bond motifs is 1. The summed E-state index contributed by atoms with van der Waals surface area (Å²) in [6.45, 7) is 11.4. The van der Waals surface area contributed by atoms with Crippen molar-refractivity contribution < 1.29 is 14.7 Å². The molecular weight excluding hydrogens is 452 g/mol. The minimum absolute atomic E-state index is 0.0302. The fourth-order valence-electron chi connectivity index (χ4n) is 4.85. The Balaban J connectivity index is 1.87. The summed E-state index contributed by atoms with van der Waals surface area (Å²) < 4.78 is 1.89. The second kappa shape index (κ2) is 9.54. The summed E-state index contributed by atoms with van der Waals surface area (Å²) in [6.07, 6.45) is 2.59. The SMILES string of the molecule is Cc1cccn2c(C)c(/C(O)=C3\C(=O)C(=O)N(CCCN(C)C)C3c3ccc(C(C)(C)C)cc3)nc12. The van der Waals surface area contributed by atoms with E-state index in [0.717, 1.165) is 23.2 Å². The lowest BCUT2D eigenvalue weighted by atomic mass is 9.85. The molecule has 36 heavy (non-hydrogen) atoms. The minimum atomic E-state index is -0.675. The Hall–Kier alpha value is -3.45. The Bertz CT molecular complexity index is 1340. The molecule has 1 aliphatic rings. The molecule has 1 aromatic carbocycles.